The second-order valence-corrected chi connectivity index (χ2v) is 5.49. The Bertz CT molecular complexity index is 407. The molecule has 1 aromatic rings. The van der Waals surface area contributed by atoms with Gasteiger partial charge in [0.25, 0.3) is 0 Å². The third-order valence-electron chi connectivity index (χ3n) is 3.89. The lowest BCUT2D eigenvalue weighted by molar-refractivity contribution is -0.0382. The zero-order valence-electron chi connectivity index (χ0n) is 11.5. The quantitative estimate of drug-likeness (QED) is 0.645. The first-order valence-corrected chi connectivity index (χ1v) is 7.25. The van der Waals surface area contributed by atoms with Gasteiger partial charge < -0.3 is 0 Å². The SMILES string of the molecule is CCC/C=C/c1ccc(C2CCC(F)(F)CC2)cc1. The highest BCUT2D eigenvalue weighted by Crippen LogP contribution is 2.40. The van der Waals surface area contributed by atoms with E-state index in [9.17, 15) is 8.78 Å². The van der Waals surface area contributed by atoms with Crippen molar-refractivity contribution in [2.45, 2.75) is 57.3 Å². The summed E-state index contributed by atoms with van der Waals surface area (Å²) in [6.07, 6.45) is 7.85. The Labute approximate surface area is 114 Å². The van der Waals surface area contributed by atoms with Crippen molar-refractivity contribution in [2.75, 3.05) is 0 Å². The lowest BCUT2D eigenvalue weighted by Crippen LogP contribution is -2.23. The predicted molar refractivity (Wildman–Crippen MR) is 76.5 cm³/mol. The molecule has 19 heavy (non-hydrogen) atoms. The first-order valence-electron chi connectivity index (χ1n) is 7.25. The summed E-state index contributed by atoms with van der Waals surface area (Å²) >= 11 is 0. The molecule has 1 fully saturated rings. The maximum absolute atomic E-state index is 13.1. The van der Waals surface area contributed by atoms with Gasteiger partial charge in [0.15, 0.2) is 0 Å². The van der Waals surface area contributed by atoms with E-state index in [1.165, 1.54) is 11.1 Å². The van der Waals surface area contributed by atoms with Crippen molar-refractivity contribution >= 4 is 6.08 Å². The van der Waals surface area contributed by atoms with E-state index in [2.05, 4.69) is 43.3 Å². The van der Waals surface area contributed by atoms with Crippen molar-refractivity contribution in [3.8, 4) is 0 Å². The van der Waals surface area contributed by atoms with Gasteiger partial charge in [-0.15, -0.1) is 0 Å². The van der Waals surface area contributed by atoms with E-state index in [-0.39, 0.29) is 12.8 Å². The van der Waals surface area contributed by atoms with Gasteiger partial charge in [0.1, 0.15) is 0 Å². The Morgan fingerprint density at radius 1 is 1.16 bits per heavy atom. The monoisotopic (exact) mass is 264 g/mol. The molecule has 0 N–H and O–H groups in total. The van der Waals surface area contributed by atoms with E-state index in [0.717, 1.165) is 12.8 Å². The number of halogens is 2. The molecule has 1 aliphatic rings. The molecule has 0 nitrogen and oxygen atoms in total. The van der Waals surface area contributed by atoms with E-state index in [1.54, 1.807) is 0 Å². The first kappa shape index (κ1) is 14.2. The van der Waals surface area contributed by atoms with Crippen molar-refractivity contribution in [2.24, 2.45) is 0 Å². The van der Waals surface area contributed by atoms with E-state index in [1.807, 2.05) is 0 Å². The molecule has 104 valence electrons. The third kappa shape index (κ3) is 4.15. The maximum atomic E-state index is 13.1. The van der Waals surface area contributed by atoms with Crippen molar-refractivity contribution in [1.29, 1.82) is 0 Å². The van der Waals surface area contributed by atoms with Crippen LogP contribution in [0.25, 0.3) is 6.08 Å². The van der Waals surface area contributed by atoms with Crippen molar-refractivity contribution in [3.05, 3.63) is 41.5 Å². The predicted octanol–water partition coefficient (Wildman–Crippen LogP) is 5.79. The molecule has 0 bridgehead atoms. The van der Waals surface area contributed by atoms with Crippen LogP contribution >= 0.6 is 0 Å². The fourth-order valence-electron chi connectivity index (χ4n) is 2.64. The molecule has 0 radical (unpaired) electrons. The number of allylic oxidation sites excluding steroid dienone is 1. The number of unbranched alkanes of at least 4 members (excludes halogenated alkanes) is 1. The molecule has 1 aromatic carbocycles. The minimum Gasteiger partial charge on any atom is -0.207 e. The van der Waals surface area contributed by atoms with Crippen LogP contribution in [-0.4, -0.2) is 5.92 Å². The van der Waals surface area contributed by atoms with Crippen LogP contribution in [0.5, 0.6) is 0 Å². The van der Waals surface area contributed by atoms with Gasteiger partial charge in [-0.2, -0.15) is 0 Å². The summed E-state index contributed by atoms with van der Waals surface area (Å²) < 4.78 is 26.2. The summed E-state index contributed by atoms with van der Waals surface area (Å²) in [5.41, 5.74) is 2.40. The summed E-state index contributed by atoms with van der Waals surface area (Å²) in [7, 11) is 0. The molecule has 1 saturated carbocycles. The van der Waals surface area contributed by atoms with Crippen LogP contribution in [0.4, 0.5) is 8.78 Å². The standard InChI is InChI=1S/C17H22F2/c1-2-3-4-5-14-6-8-15(9-7-14)16-10-12-17(18,19)13-11-16/h4-9,16H,2-3,10-13H2,1H3/b5-4+. The number of hydrogen-bond donors (Lipinski definition) is 0. The van der Waals surface area contributed by atoms with Gasteiger partial charge in [-0.1, -0.05) is 49.8 Å². The van der Waals surface area contributed by atoms with Crippen LogP contribution in [0.1, 0.15) is 62.5 Å². The van der Waals surface area contributed by atoms with Gasteiger partial charge in [-0.05, 0) is 36.3 Å². The number of hydrogen-bond acceptors (Lipinski definition) is 0. The Morgan fingerprint density at radius 3 is 2.37 bits per heavy atom. The van der Waals surface area contributed by atoms with Crippen LogP contribution in [0.3, 0.4) is 0 Å². The van der Waals surface area contributed by atoms with Crippen LogP contribution in [0, 0.1) is 0 Å². The van der Waals surface area contributed by atoms with Crippen LogP contribution in [0.2, 0.25) is 0 Å². The molecule has 1 aliphatic carbocycles. The second kappa shape index (κ2) is 6.31. The average Bonchev–Trinajstić information content (AvgIpc) is 2.40. The number of alkyl halides is 2. The van der Waals surface area contributed by atoms with E-state index < -0.39 is 5.92 Å². The zero-order chi connectivity index (χ0) is 13.7. The smallest absolute Gasteiger partial charge is 0.207 e. The van der Waals surface area contributed by atoms with Gasteiger partial charge in [-0.25, -0.2) is 8.78 Å². The zero-order valence-corrected chi connectivity index (χ0v) is 11.5. The molecule has 0 saturated heterocycles. The topological polar surface area (TPSA) is 0 Å². The van der Waals surface area contributed by atoms with Crippen LogP contribution < -0.4 is 0 Å². The average molecular weight is 264 g/mol. The third-order valence-corrected chi connectivity index (χ3v) is 3.89. The van der Waals surface area contributed by atoms with Gasteiger partial charge in [-0.3, -0.25) is 0 Å². The van der Waals surface area contributed by atoms with Crippen LogP contribution in [0.15, 0.2) is 30.3 Å². The Kier molecular flexibility index (Phi) is 4.73. The highest BCUT2D eigenvalue weighted by atomic mass is 19.3. The molecule has 0 aromatic heterocycles. The van der Waals surface area contributed by atoms with E-state index in [4.69, 9.17) is 0 Å². The first-order chi connectivity index (χ1) is 9.11. The lowest BCUT2D eigenvalue weighted by Gasteiger charge is -2.28. The number of benzene rings is 1. The van der Waals surface area contributed by atoms with Gasteiger partial charge in [0.05, 0.1) is 0 Å². The summed E-state index contributed by atoms with van der Waals surface area (Å²) in [4.78, 5) is 0. The molecule has 2 rings (SSSR count). The largest absolute Gasteiger partial charge is 0.248 e. The molecule has 0 atom stereocenters. The van der Waals surface area contributed by atoms with Crippen LogP contribution in [-0.2, 0) is 0 Å². The molecule has 0 unspecified atom stereocenters. The molecule has 0 aliphatic heterocycles. The molecule has 0 heterocycles. The molecular formula is C17H22F2. The lowest BCUT2D eigenvalue weighted by atomic mass is 9.82. The highest BCUT2D eigenvalue weighted by Gasteiger charge is 2.35. The minimum atomic E-state index is -2.43. The van der Waals surface area contributed by atoms with Crippen molar-refractivity contribution in [3.63, 3.8) is 0 Å². The Balaban J connectivity index is 1.95. The van der Waals surface area contributed by atoms with E-state index >= 15 is 0 Å². The summed E-state index contributed by atoms with van der Waals surface area (Å²) in [5.74, 6) is -2.12. The Hall–Kier alpha value is -1.18. The fourth-order valence-corrected chi connectivity index (χ4v) is 2.64. The minimum absolute atomic E-state index is 0.0375. The van der Waals surface area contributed by atoms with Gasteiger partial charge >= 0.3 is 0 Å². The molecule has 2 heteroatoms. The van der Waals surface area contributed by atoms with Gasteiger partial charge in [0, 0.05) is 12.8 Å². The maximum Gasteiger partial charge on any atom is 0.248 e. The summed E-state index contributed by atoms with van der Waals surface area (Å²) in [6, 6.07) is 8.38. The molecular weight excluding hydrogens is 242 g/mol. The van der Waals surface area contributed by atoms with E-state index in [0.29, 0.717) is 18.8 Å². The number of rotatable bonds is 4. The van der Waals surface area contributed by atoms with Crippen molar-refractivity contribution < 1.29 is 8.78 Å². The highest BCUT2D eigenvalue weighted by molar-refractivity contribution is 5.49. The summed E-state index contributed by atoms with van der Waals surface area (Å²) in [5, 5.41) is 0. The van der Waals surface area contributed by atoms with Gasteiger partial charge in [0.2, 0.25) is 5.92 Å². The molecule has 0 amide bonds. The van der Waals surface area contributed by atoms with Crippen molar-refractivity contribution in [1.82, 2.24) is 0 Å². The second-order valence-electron chi connectivity index (χ2n) is 5.49. The normalized spacial score (nSPS) is 19.9. The fraction of sp³-hybridized carbons (Fsp3) is 0.529. The Morgan fingerprint density at radius 2 is 1.79 bits per heavy atom. The summed E-state index contributed by atoms with van der Waals surface area (Å²) in [6.45, 7) is 2.16. The molecule has 0 spiro atoms.